The number of aromatic nitrogens is 4. The summed E-state index contributed by atoms with van der Waals surface area (Å²) in [6.07, 6.45) is 3.55. The van der Waals surface area contributed by atoms with Gasteiger partial charge in [0.2, 0.25) is 0 Å². The van der Waals surface area contributed by atoms with Crippen LogP contribution in [0.4, 0.5) is 4.39 Å². The van der Waals surface area contributed by atoms with E-state index in [9.17, 15) is 4.39 Å². The number of benzene rings is 1. The van der Waals surface area contributed by atoms with Crippen LogP contribution in [0.25, 0.3) is 16.7 Å². The van der Waals surface area contributed by atoms with E-state index in [1.54, 1.807) is 16.9 Å². The molecule has 0 amide bonds. The molecule has 3 aromatic rings. The number of alkyl halides is 1. The Kier molecular flexibility index (Phi) is 2.78. The van der Waals surface area contributed by atoms with Crippen molar-refractivity contribution in [3.63, 3.8) is 0 Å². The molecular formula is C13H12ClFN4. The largest absolute Gasteiger partial charge is 0.292 e. The number of halogens is 2. The maximum Gasteiger partial charge on any atom is 0.132 e. The molecule has 3 rings (SSSR count). The lowest BCUT2D eigenvalue weighted by Gasteiger charge is -2.07. The number of imidazole rings is 1. The Labute approximate surface area is 114 Å². The van der Waals surface area contributed by atoms with Crippen molar-refractivity contribution < 1.29 is 4.39 Å². The van der Waals surface area contributed by atoms with Crippen LogP contribution in [-0.4, -0.2) is 19.3 Å². The molecule has 2 aromatic heterocycles. The van der Waals surface area contributed by atoms with E-state index < -0.39 is 0 Å². The Morgan fingerprint density at radius 3 is 2.79 bits per heavy atom. The molecule has 0 bridgehead atoms. The molecular weight excluding hydrogens is 267 g/mol. The lowest BCUT2D eigenvalue weighted by Crippen LogP contribution is -2.01. The van der Waals surface area contributed by atoms with E-state index in [1.807, 2.05) is 24.7 Å². The predicted molar refractivity (Wildman–Crippen MR) is 72.1 cm³/mol. The second-order valence-electron chi connectivity index (χ2n) is 4.43. The minimum atomic E-state index is -0.300. The van der Waals surface area contributed by atoms with Gasteiger partial charge in [-0.15, -0.1) is 11.6 Å². The van der Waals surface area contributed by atoms with E-state index in [2.05, 4.69) is 10.1 Å². The van der Waals surface area contributed by atoms with Gasteiger partial charge in [-0.3, -0.25) is 9.25 Å². The molecule has 2 heterocycles. The van der Waals surface area contributed by atoms with Crippen molar-refractivity contribution in [2.24, 2.45) is 7.05 Å². The highest BCUT2D eigenvalue weighted by Crippen LogP contribution is 2.28. The van der Waals surface area contributed by atoms with Gasteiger partial charge in [0.1, 0.15) is 11.6 Å². The normalized spacial score (nSPS) is 13.1. The lowest BCUT2D eigenvalue weighted by molar-refractivity contribution is 0.629. The molecule has 19 heavy (non-hydrogen) atoms. The Morgan fingerprint density at radius 1 is 1.37 bits per heavy atom. The molecule has 0 spiro atoms. The van der Waals surface area contributed by atoms with Crippen molar-refractivity contribution in [2.75, 3.05) is 0 Å². The van der Waals surface area contributed by atoms with E-state index >= 15 is 0 Å². The lowest BCUT2D eigenvalue weighted by atomic mass is 10.3. The number of hydrogen-bond donors (Lipinski definition) is 0. The summed E-state index contributed by atoms with van der Waals surface area (Å²) < 4.78 is 17.0. The van der Waals surface area contributed by atoms with Gasteiger partial charge in [0.15, 0.2) is 0 Å². The molecule has 0 aliphatic rings. The fraction of sp³-hybridized carbons (Fsp3) is 0.231. The van der Waals surface area contributed by atoms with Crippen LogP contribution < -0.4 is 0 Å². The van der Waals surface area contributed by atoms with Crippen LogP contribution in [0.3, 0.4) is 0 Å². The van der Waals surface area contributed by atoms with Gasteiger partial charge in [-0.25, -0.2) is 9.37 Å². The third-order valence-electron chi connectivity index (χ3n) is 2.95. The molecule has 98 valence electrons. The average Bonchev–Trinajstić information content (AvgIpc) is 2.92. The van der Waals surface area contributed by atoms with Crippen LogP contribution in [-0.2, 0) is 7.05 Å². The maximum absolute atomic E-state index is 13.5. The molecule has 1 atom stereocenters. The number of hydrogen-bond acceptors (Lipinski definition) is 2. The van der Waals surface area contributed by atoms with Gasteiger partial charge in [0, 0.05) is 19.3 Å². The summed E-state index contributed by atoms with van der Waals surface area (Å²) in [5.41, 5.74) is 2.22. The summed E-state index contributed by atoms with van der Waals surface area (Å²) in [5, 5.41) is 3.85. The van der Waals surface area contributed by atoms with E-state index in [1.165, 1.54) is 12.1 Å². The predicted octanol–water partition coefficient (Wildman–Crippen LogP) is 3.20. The first-order valence-corrected chi connectivity index (χ1v) is 6.31. The van der Waals surface area contributed by atoms with Gasteiger partial charge in [0.25, 0.3) is 0 Å². The van der Waals surface area contributed by atoms with Crippen LogP contribution in [0.1, 0.15) is 18.1 Å². The van der Waals surface area contributed by atoms with Gasteiger partial charge in [-0.1, -0.05) is 0 Å². The number of aryl methyl sites for hydroxylation is 1. The number of rotatable bonds is 2. The standard InChI is InChI=1S/C13H12ClFN4/c1-8(14)13-17-11-4-3-9(15)5-12(11)19(13)10-6-16-18(2)7-10/h3-8H,1-2H3. The van der Waals surface area contributed by atoms with Crippen LogP contribution in [0.2, 0.25) is 0 Å². The molecule has 0 aliphatic heterocycles. The van der Waals surface area contributed by atoms with Gasteiger partial charge in [-0.05, 0) is 19.1 Å². The SMILES string of the molecule is CC(Cl)c1nc2ccc(F)cc2n1-c1cnn(C)c1. The molecule has 6 heteroatoms. The minimum absolute atomic E-state index is 0.282. The van der Waals surface area contributed by atoms with Crippen molar-refractivity contribution in [2.45, 2.75) is 12.3 Å². The first-order valence-electron chi connectivity index (χ1n) is 5.87. The average molecular weight is 279 g/mol. The van der Waals surface area contributed by atoms with Crippen molar-refractivity contribution in [3.8, 4) is 5.69 Å². The van der Waals surface area contributed by atoms with Crippen LogP contribution >= 0.6 is 11.6 Å². The highest BCUT2D eigenvalue weighted by atomic mass is 35.5. The van der Waals surface area contributed by atoms with Gasteiger partial charge in [0.05, 0.1) is 28.3 Å². The van der Waals surface area contributed by atoms with Crippen LogP contribution in [0.5, 0.6) is 0 Å². The summed E-state index contributed by atoms with van der Waals surface area (Å²) in [6.45, 7) is 1.84. The molecule has 0 saturated heterocycles. The molecule has 1 unspecified atom stereocenters. The third-order valence-corrected chi connectivity index (χ3v) is 3.14. The van der Waals surface area contributed by atoms with E-state index in [4.69, 9.17) is 11.6 Å². The first-order chi connectivity index (χ1) is 9.06. The monoisotopic (exact) mass is 278 g/mol. The smallest absolute Gasteiger partial charge is 0.132 e. The first kappa shape index (κ1) is 12.2. The highest BCUT2D eigenvalue weighted by molar-refractivity contribution is 6.20. The summed E-state index contributed by atoms with van der Waals surface area (Å²) >= 11 is 6.17. The molecule has 4 nitrogen and oxygen atoms in total. The van der Waals surface area contributed by atoms with E-state index in [-0.39, 0.29) is 11.2 Å². The maximum atomic E-state index is 13.5. The Bertz CT molecular complexity index is 744. The highest BCUT2D eigenvalue weighted by Gasteiger charge is 2.17. The zero-order chi connectivity index (χ0) is 13.6. The molecule has 0 aliphatic carbocycles. The number of nitrogens with zero attached hydrogens (tertiary/aromatic N) is 4. The van der Waals surface area contributed by atoms with Crippen LogP contribution in [0, 0.1) is 5.82 Å². The Hall–Kier alpha value is -1.88. The fourth-order valence-electron chi connectivity index (χ4n) is 2.13. The molecule has 0 N–H and O–H groups in total. The van der Waals surface area contributed by atoms with Crippen LogP contribution in [0.15, 0.2) is 30.6 Å². The van der Waals surface area contributed by atoms with Crippen molar-refractivity contribution in [3.05, 3.63) is 42.2 Å². The molecule has 0 radical (unpaired) electrons. The topological polar surface area (TPSA) is 35.6 Å². The fourth-order valence-corrected chi connectivity index (χ4v) is 2.28. The summed E-state index contributed by atoms with van der Waals surface area (Å²) in [5.74, 6) is 0.376. The molecule has 0 saturated carbocycles. The Morgan fingerprint density at radius 2 is 2.16 bits per heavy atom. The van der Waals surface area contributed by atoms with Crippen molar-refractivity contribution in [1.29, 1.82) is 0 Å². The number of fused-ring (bicyclic) bond motifs is 1. The van der Waals surface area contributed by atoms with E-state index in [0.717, 1.165) is 5.69 Å². The zero-order valence-electron chi connectivity index (χ0n) is 10.5. The zero-order valence-corrected chi connectivity index (χ0v) is 11.3. The van der Waals surface area contributed by atoms with Crippen molar-refractivity contribution >= 4 is 22.6 Å². The van der Waals surface area contributed by atoms with Gasteiger partial charge in [-0.2, -0.15) is 5.10 Å². The van der Waals surface area contributed by atoms with Gasteiger partial charge >= 0.3 is 0 Å². The summed E-state index contributed by atoms with van der Waals surface area (Å²) in [4.78, 5) is 4.47. The van der Waals surface area contributed by atoms with Gasteiger partial charge < -0.3 is 0 Å². The van der Waals surface area contributed by atoms with Crippen molar-refractivity contribution in [1.82, 2.24) is 19.3 Å². The second kappa shape index (κ2) is 4.35. The quantitative estimate of drug-likeness (QED) is 0.675. The molecule has 1 aromatic carbocycles. The van der Waals surface area contributed by atoms with E-state index in [0.29, 0.717) is 16.9 Å². The summed E-state index contributed by atoms with van der Waals surface area (Å²) in [6, 6.07) is 4.50. The molecule has 0 fully saturated rings. The minimum Gasteiger partial charge on any atom is -0.292 e. The third kappa shape index (κ3) is 2.00. The Balaban J connectivity index is 2.35. The summed E-state index contributed by atoms with van der Waals surface area (Å²) in [7, 11) is 1.83. The second-order valence-corrected chi connectivity index (χ2v) is 5.08.